The highest BCUT2D eigenvalue weighted by Crippen LogP contribution is 2.10. The Kier molecular flexibility index (Phi) is 4.55. The van der Waals surface area contributed by atoms with E-state index < -0.39 is 5.97 Å². The van der Waals surface area contributed by atoms with E-state index in [9.17, 15) is 9.59 Å². The number of rotatable bonds is 6. The van der Waals surface area contributed by atoms with Gasteiger partial charge in [-0.25, -0.2) is 0 Å². The summed E-state index contributed by atoms with van der Waals surface area (Å²) in [6, 6.07) is 0. The van der Waals surface area contributed by atoms with Crippen molar-refractivity contribution in [2.75, 3.05) is 26.2 Å². The lowest BCUT2D eigenvalue weighted by atomic mass is 9.98. The summed E-state index contributed by atoms with van der Waals surface area (Å²) < 4.78 is 0. The zero-order valence-electron chi connectivity index (χ0n) is 9.03. The molecule has 0 spiro atoms. The Balaban J connectivity index is 2.38. The Morgan fingerprint density at radius 3 is 2.53 bits per heavy atom. The van der Waals surface area contributed by atoms with Gasteiger partial charge in [0.1, 0.15) is 6.54 Å². The smallest absolute Gasteiger partial charge is 0.323 e. The van der Waals surface area contributed by atoms with Crippen molar-refractivity contribution in [3.8, 4) is 0 Å². The Labute approximate surface area is 89.4 Å². The molecule has 0 saturated carbocycles. The number of carboxylic acids is 1. The van der Waals surface area contributed by atoms with Crippen LogP contribution >= 0.6 is 0 Å². The number of hydrogen-bond donors (Lipinski definition) is 2. The summed E-state index contributed by atoms with van der Waals surface area (Å²) in [5, 5.41) is 11.7. The fourth-order valence-electron chi connectivity index (χ4n) is 1.59. The van der Waals surface area contributed by atoms with Crippen molar-refractivity contribution in [3.05, 3.63) is 0 Å². The van der Waals surface area contributed by atoms with Gasteiger partial charge in [-0.15, -0.1) is 0 Å². The second-order valence-electron chi connectivity index (χ2n) is 3.94. The Bertz CT molecular complexity index is 239. The van der Waals surface area contributed by atoms with E-state index in [0.717, 1.165) is 19.5 Å². The van der Waals surface area contributed by atoms with Gasteiger partial charge in [0.2, 0.25) is 5.91 Å². The van der Waals surface area contributed by atoms with Gasteiger partial charge in [-0.1, -0.05) is 6.92 Å². The van der Waals surface area contributed by atoms with Crippen LogP contribution < -0.4 is 5.32 Å². The highest BCUT2D eigenvalue weighted by molar-refractivity contribution is 5.81. The van der Waals surface area contributed by atoms with Crippen LogP contribution in [-0.4, -0.2) is 48.1 Å². The molecule has 1 saturated heterocycles. The van der Waals surface area contributed by atoms with Crippen LogP contribution in [0.3, 0.4) is 0 Å². The number of carbonyl (C=O) groups excluding carboxylic acids is 1. The van der Waals surface area contributed by atoms with Crippen LogP contribution in [0.15, 0.2) is 0 Å². The van der Waals surface area contributed by atoms with Crippen LogP contribution in [0.2, 0.25) is 0 Å². The molecule has 5 heteroatoms. The van der Waals surface area contributed by atoms with Gasteiger partial charge < -0.3 is 15.3 Å². The molecule has 0 aliphatic carbocycles. The minimum Gasteiger partial charge on any atom is -0.480 e. The van der Waals surface area contributed by atoms with Crippen molar-refractivity contribution < 1.29 is 14.7 Å². The molecule has 2 N–H and O–H groups in total. The molecule has 0 atom stereocenters. The van der Waals surface area contributed by atoms with E-state index in [1.807, 2.05) is 6.92 Å². The Morgan fingerprint density at radius 1 is 1.47 bits per heavy atom. The van der Waals surface area contributed by atoms with Gasteiger partial charge in [0, 0.05) is 13.0 Å². The molecule has 0 radical (unpaired) electrons. The average molecular weight is 214 g/mol. The van der Waals surface area contributed by atoms with Crippen LogP contribution in [0.4, 0.5) is 0 Å². The van der Waals surface area contributed by atoms with E-state index in [1.165, 1.54) is 4.90 Å². The summed E-state index contributed by atoms with van der Waals surface area (Å²) in [6.45, 7) is 4.04. The molecular formula is C10H18N2O3. The van der Waals surface area contributed by atoms with Crippen molar-refractivity contribution in [2.45, 2.75) is 19.8 Å². The maximum absolute atomic E-state index is 11.7. The topological polar surface area (TPSA) is 69.6 Å². The molecule has 0 aromatic rings. The summed E-state index contributed by atoms with van der Waals surface area (Å²) in [5.74, 6) is -0.583. The number of nitrogens with one attached hydrogen (secondary N) is 1. The lowest BCUT2D eigenvalue weighted by Crippen LogP contribution is -2.46. The molecule has 15 heavy (non-hydrogen) atoms. The molecule has 0 aromatic heterocycles. The zero-order valence-corrected chi connectivity index (χ0v) is 9.03. The molecule has 1 fully saturated rings. The van der Waals surface area contributed by atoms with Crippen LogP contribution in [-0.2, 0) is 9.59 Å². The second-order valence-corrected chi connectivity index (χ2v) is 3.94. The Morgan fingerprint density at radius 2 is 2.13 bits per heavy atom. The minimum atomic E-state index is -0.941. The SMILES string of the molecule is CCCN(CC(=O)O)C(=O)CC1CNC1. The number of nitrogens with zero attached hydrogens (tertiary/aromatic N) is 1. The minimum absolute atomic E-state index is 0.0363. The quantitative estimate of drug-likeness (QED) is 0.649. The molecule has 0 unspecified atom stereocenters. The first kappa shape index (κ1) is 12.0. The van der Waals surface area contributed by atoms with Gasteiger partial charge in [-0.3, -0.25) is 9.59 Å². The third-order valence-electron chi connectivity index (χ3n) is 2.50. The molecule has 86 valence electrons. The third kappa shape index (κ3) is 3.87. The summed E-state index contributed by atoms with van der Waals surface area (Å²) >= 11 is 0. The summed E-state index contributed by atoms with van der Waals surface area (Å²) in [4.78, 5) is 23.7. The van der Waals surface area contributed by atoms with Crippen molar-refractivity contribution in [3.63, 3.8) is 0 Å². The van der Waals surface area contributed by atoms with Crippen LogP contribution in [0.5, 0.6) is 0 Å². The third-order valence-corrected chi connectivity index (χ3v) is 2.50. The molecule has 1 aliphatic heterocycles. The fraction of sp³-hybridized carbons (Fsp3) is 0.800. The van der Waals surface area contributed by atoms with E-state index in [-0.39, 0.29) is 12.5 Å². The van der Waals surface area contributed by atoms with Gasteiger partial charge in [0.15, 0.2) is 0 Å². The normalized spacial score (nSPS) is 15.8. The van der Waals surface area contributed by atoms with Crippen LogP contribution in [0.1, 0.15) is 19.8 Å². The predicted octanol–water partition coefficient (Wildman–Crippen LogP) is -0.0809. The first-order chi connectivity index (χ1) is 7.13. The van der Waals surface area contributed by atoms with E-state index in [4.69, 9.17) is 5.11 Å². The van der Waals surface area contributed by atoms with Crippen molar-refractivity contribution in [1.82, 2.24) is 10.2 Å². The van der Waals surface area contributed by atoms with Crippen LogP contribution in [0, 0.1) is 5.92 Å². The fourth-order valence-corrected chi connectivity index (χ4v) is 1.59. The lowest BCUT2D eigenvalue weighted by molar-refractivity contribution is -0.145. The number of carbonyl (C=O) groups is 2. The maximum Gasteiger partial charge on any atom is 0.323 e. The molecule has 1 rings (SSSR count). The summed E-state index contributed by atoms with van der Waals surface area (Å²) in [5.41, 5.74) is 0. The molecule has 0 bridgehead atoms. The van der Waals surface area contributed by atoms with E-state index >= 15 is 0 Å². The van der Waals surface area contributed by atoms with Gasteiger partial charge >= 0.3 is 5.97 Å². The van der Waals surface area contributed by atoms with Crippen molar-refractivity contribution in [2.24, 2.45) is 5.92 Å². The number of hydrogen-bond acceptors (Lipinski definition) is 3. The highest BCUT2D eigenvalue weighted by atomic mass is 16.4. The number of amides is 1. The van der Waals surface area contributed by atoms with Crippen molar-refractivity contribution >= 4 is 11.9 Å². The first-order valence-electron chi connectivity index (χ1n) is 5.33. The molecular weight excluding hydrogens is 196 g/mol. The van der Waals surface area contributed by atoms with E-state index in [1.54, 1.807) is 0 Å². The monoisotopic (exact) mass is 214 g/mol. The summed E-state index contributed by atoms with van der Waals surface area (Å²) in [7, 11) is 0. The number of carboxylic acid groups (broad SMARTS) is 1. The molecule has 1 aliphatic rings. The standard InChI is InChI=1S/C10H18N2O3/c1-2-3-12(7-10(14)15)9(13)4-8-5-11-6-8/h8,11H,2-7H2,1H3,(H,14,15). The van der Waals surface area contributed by atoms with Gasteiger partial charge in [-0.05, 0) is 25.4 Å². The van der Waals surface area contributed by atoms with Gasteiger partial charge in [0.05, 0.1) is 0 Å². The predicted molar refractivity (Wildman–Crippen MR) is 55.5 cm³/mol. The van der Waals surface area contributed by atoms with Gasteiger partial charge in [0.25, 0.3) is 0 Å². The second kappa shape index (κ2) is 5.70. The van der Waals surface area contributed by atoms with Crippen molar-refractivity contribution in [1.29, 1.82) is 0 Å². The van der Waals surface area contributed by atoms with E-state index in [2.05, 4.69) is 5.32 Å². The summed E-state index contributed by atoms with van der Waals surface area (Å²) in [6.07, 6.45) is 1.27. The van der Waals surface area contributed by atoms with Crippen LogP contribution in [0.25, 0.3) is 0 Å². The molecule has 5 nitrogen and oxygen atoms in total. The zero-order chi connectivity index (χ0) is 11.3. The average Bonchev–Trinajstić information content (AvgIpc) is 2.09. The molecule has 1 amide bonds. The molecule has 0 aromatic carbocycles. The largest absolute Gasteiger partial charge is 0.480 e. The highest BCUT2D eigenvalue weighted by Gasteiger charge is 2.24. The first-order valence-corrected chi connectivity index (χ1v) is 5.33. The Hall–Kier alpha value is -1.10. The maximum atomic E-state index is 11.7. The molecule has 1 heterocycles. The lowest BCUT2D eigenvalue weighted by Gasteiger charge is -2.29. The van der Waals surface area contributed by atoms with Gasteiger partial charge in [-0.2, -0.15) is 0 Å². The number of aliphatic carboxylic acids is 1. The van der Waals surface area contributed by atoms with E-state index in [0.29, 0.717) is 18.9 Å².